The molecule has 7 heteroatoms. The van der Waals surface area contributed by atoms with Crippen molar-refractivity contribution in [3.63, 3.8) is 0 Å². The molecule has 0 N–H and O–H groups in total. The smallest absolute Gasteiger partial charge is 0.274 e. The van der Waals surface area contributed by atoms with Crippen molar-refractivity contribution in [2.24, 2.45) is 0 Å². The second-order valence-corrected chi connectivity index (χ2v) is 6.11. The minimum Gasteiger partial charge on any atom is -0.334 e. The van der Waals surface area contributed by atoms with E-state index in [0.29, 0.717) is 12.2 Å². The number of amides is 1. The molecule has 2 aliphatic heterocycles. The van der Waals surface area contributed by atoms with Crippen LogP contribution < -0.4 is 0 Å². The first-order chi connectivity index (χ1) is 10.8. The number of carbonyl (C=O) groups excluding carboxylic acids is 1. The molecule has 0 aromatic carbocycles. The molecule has 0 saturated carbocycles. The third-order valence-corrected chi connectivity index (χ3v) is 4.64. The molecule has 1 atom stereocenters. The third-order valence-electron chi connectivity index (χ3n) is 4.64. The molecule has 4 heterocycles. The Hall–Kier alpha value is -2.18. The lowest BCUT2D eigenvalue weighted by molar-refractivity contribution is 0.0715. The van der Waals surface area contributed by atoms with Crippen molar-refractivity contribution >= 4 is 5.91 Å². The van der Waals surface area contributed by atoms with E-state index in [9.17, 15) is 4.79 Å². The van der Waals surface area contributed by atoms with E-state index in [2.05, 4.69) is 19.9 Å². The van der Waals surface area contributed by atoms with Crippen molar-refractivity contribution in [3.8, 4) is 0 Å². The SMILES string of the molecule is O=C(c1cn2c(n1)CCCC2)N1CCC[C@H]1Cn1ccnn1. The van der Waals surface area contributed by atoms with Crippen LogP contribution in [0, 0.1) is 0 Å². The lowest BCUT2D eigenvalue weighted by Crippen LogP contribution is -2.38. The van der Waals surface area contributed by atoms with Crippen molar-refractivity contribution < 1.29 is 4.79 Å². The van der Waals surface area contributed by atoms with Gasteiger partial charge in [-0.15, -0.1) is 5.10 Å². The fourth-order valence-corrected chi connectivity index (χ4v) is 3.50. The Bertz CT molecular complexity index is 638. The highest BCUT2D eigenvalue weighted by Gasteiger charge is 2.31. The topological polar surface area (TPSA) is 68.8 Å². The van der Waals surface area contributed by atoms with Gasteiger partial charge >= 0.3 is 0 Å². The molecule has 2 aliphatic rings. The average Bonchev–Trinajstić information content (AvgIpc) is 3.27. The molecule has 22 heavy (non-hydrogen) atoms. The Morgan fingerprint density at radius 1 is 1.27 bits per heavy atom. The monoisotopic (exact) mass is 300 g/mol. The van der Waals surface area contributed by atoms with Gasteiger partial charge in [-0.05, 0) is 25.7 Å². The summed E-state index contributed by atoms with van der Waals surface area (Å²) in [6.07, 6.45) is 10.8. The Morgan fingerprint density at radius 3 is 3.05 bits per heavy atom. The quantitative estimate of drug-likeness (QED) is 0.851. The van der Waals surface area contributed by atoms with Crippen molar-refractivity contribution in [1.29, 1.82) is 0 Å². The summed E-state index contributed by atoms with van der Waals surface area (Å²) in [5, 5.41) is 7.84. The summed E-state index contributed by atoms with van der Waals surface area (Å²) < 4.78 is 3.94. The van der Waals surface area contributed by atoms with Crippen LogP contribution in [-0.4, -0.2) is 47.9 Å². The summed E-state index contributed by atoms with van der Waals surface area (Å²) in [5.41, 5.74) is 0.599. The van der Waals surface area contributed by atoms with Crippen LogP contribution in [0.4, 0.5) is 0 Å². The van der Waals surface area contributed by atoms with Gasteiger partial charge in [0.1, 0.15) is 11.5 Å². The number of hydrogen-bond donors (Lipinski definition) is 0. The van der Waals surface area contributed by atoms with Gasteiger partial charge in [0.15, 0.2) is 0 Å². The third kappa shape index (κ3) is 2.40. The molecule has 116 valence electrons. The van der Waals surface area contributed by atoms with Gasteiger partial charge < -0.3 is 9.47 Å². The molecule has 0 unspecified atom stereocenters. The van der Waals surface area contributed by atoms with Gasteiger partial charge in [-0.25, -0.2) is 4.98 Å². The lowest BCUT2D eigenvalue weighted by Gasteiger charge is -2.23. The maximum Gasteiger partial charge on any atom is 0.274 e. The normalized spacial score (nSPS) is 21.1. The molecule has 0 bridgehead atoms. The van der Waals surface area contributed by atoms with Gasteiger partial charge in [-0.1, -0.05) is 5.21 Å². The second-order valence-electron chi connectivity index (χ2n) is 6.11. The van der Waals surface area contributed by atoms with Crippen LogP contribution in [0.3, 0.4) is 0 Å². The number of carbonyl (C=O) groups is 1. The van der Waals surface area contributed by atoms with Crippen LogP contribution in [0.5, 0.6) is 0 Å². The first kappa shape index (κ1) is 13.5. The highest BCUT2D eigenvalue weighted by molar-refractivity contribution is 5.92. The summed E-state index contributed by atoms with van der Waals surface area (Å²) >= 11 is 0. The van der Waals surface area contributed by atoms with Crippen molar-refractivity contribution in [3.05, 3.63) is 30.1 Å². The zero-order valence-electron chi connectivity index (χ0n) is 12.6. The van der Waals surface area contributed by atoms with Gasteiger partial charge in [0.25, 0.3) is 5.91 Å². The van der Waals surface area contributed by atoms with Crippen molar-refractivity contribution in [1.82, 2.24) is 29.4 Å². The minimum absolute atomic E-state index is 0.0597. The molecular weight excluding hydrogens is 280 g/mol. The van der Waals surface area contributed by atoms with Gasteiger partial charge in [-0.2, -0.15) is 0 Å². The van der Waals surface area contributed by atoms with Crippen LogP contribution in [0.15, 0.2) is 18.6 Å². The predicted molar refractivity (Wildman–Crippen MR) is 79.2 cm³/mol. The highest BCUT2D eigenvalue weighted by Crippen LogP contribution is 2.22. The average molecular weight is 300 g/mol. The maximum atomic E-state index is 12.8. The second kappa shape index (κ2) is 5.55. The van der Waals surface area contributed by atoms with Crippen LogP contribution in [0.1, 0.15) is 42.0 Å². The molecule has 7 nitrogen and oxygen atoms in total. The van der Waals surface area contributed by atoms with Crippen LogP contribution in [0.25, 0.3) is 0 Å². The molecule has 2 aromatic heterocycles. The number of fused-ring (bicyclic) bond motifs is 1. The number of nitrogens with zero attached hydrogens (tertiary/aromatic N) is 6. The molecule has 0 radical (unpaired) electrons. The summed E-state index contributed by atoms with van der Waals surface area (Å²) in [6, 6.07) is 0.188. The lowest BCUT2D eigenvalue weighted by atomic mass is 10.2. The number of likely N-dealkylation sites (tertiary alicyclic amines) is 1. The Labute approximate surface area is 128 Å². The number of imidazole rings is 1. The highest BCUT2D eigenvalue weighted by atomic mass is 16.2. The first-order valence-corrected chi connectivity index (χ1v) is 8.02. The molecule has 1 saturated heterocycles. The van der Waals surface area contributed by atoms with Crippen LogP contribution >= 0.6 is 0 Å². The summed E-state index contributed by atoms with van der Waals surface area (Å²) in [5.74, 6) is 1.12. The van der Waals surface area contributed by atoms with Gasteiger partial charge in [-0.3, -0.25) is 9.48 Å². The van der Waals surface area contributed by atoms with Gasteiger partial charge in [0.05, 0.1) is 18.8 Å². The fourth-order valence-electron chi connectivity index (χ4n) is 3.50. The largest absolute Gasteiger partial charge is 0.334 e. The van der Waals surface area contributed by atoms with Gasteiger partial charge in [0.2, 0.25) is 0 Å². The van der Waals surface area contributed by atoms with Crippen molar-refractivity contribution in [2.45, 2.75) is 51.2 Å². The van der Waals surface area contributed by atoms with E-state index in [1.807, 2.05) is 17.3 Å². The molecule has 2 aromatic rings. The summed E-state index contributed by atoms with van der Waals surface area (Å²) in [4.78, 5) is 19.3. The molecule has 0 spiro atoms. The maximum absolute atomic E-state index is 12.8. The number of aromatic nitrogens is 5. The molecule has 1 fully saturated rings. The minimum atomic E-state index is 0.0597. The van der Waals surface area contributed by atoms with E-state index >= 15 is 0 Å². The molecule has 0 aliphatic carbocycles. The van der Waals surface area contributed by atoms with E-state index < -0.39 is 0 Å². The van der Waals surface area contributed by atoms with E-state index in [0.717, 1.165) is 38.2 Å². The van der Waals surface area contributed by atoms with E-state index in [1.54, 1.807) is 10.9 Å². The zero-order valence-corrected chi connectivity index (χ0v) is 12.6. The standard InChI is InChI=1S/C15H20N6O/c22-15(13-11-19-7-2-1-5-14(19)17-13)21-8-3-4-12(21)10-20-9-6-16-18-20/h6,9,11-12H,1-5,7-8,10H2/t12-/m0/s1. The van der Waals surface area contributed by atoms with Crippen LogP contribution in [0.2, 0.25) is 0 Å². The summed E-state index contributed by atoms with van der Waals surface area (Å²) in [7, 11) is 0. The Morgan fingerprint density at radius 2 is 2.23 bits per heavy atom. The summed E-state index contributed by atoms with van der Waals surface area (Å²) in [6.45, 7) is 2.50. The van der Waals surface area contributed by atoms with Gasteiger partial charge in [0, 0.05) is 31.9 Å². The van der Waals surface area contributed by atoms with Crippen molar-refractivity contribution in [2.75, 3.05) is 6.54 Å². The number of aryl methyl sites for hydroxylation is 2. The Kier molecular flexibility index (Phi) is 3.40. The van der Waals surface area contributed by atoms with E-state index in [1.165, 1.54) is 12.8 Å². The number of rotatable bonds is 3. The molecule has 1 amide bonds. The van der Waals surface area contributed by atoms with E-state index in [-0.39, 0.29) is 11.9 Å². The van der Waals surface area contributed by atoms with E-state index in [4.69, 9.17) is 0 Å². The zero-order chi connectivity index (χ0) is 14.9. The number of hydrogen-bond acceptors (Lipinski definition) is 4. The first-order valence-electron chi connectivity index (χ1n) is 8.02. The predicted octanol–water partition coefficient (Wildman–Crippen LogP) is 1.12. The Balaban J connectivity index is 1.52. The fraction of sp³-hybridized carbons (Fsp3) is 0.600. The molecule has 4 rings (SSSR count). The molecular formula is C15H20N6O. The van der Waals surface area contributed by atoms with Crippen LogP contribution in [-0.2, 0) is 19.5 Å².